The summed E-state index contributed by atoms with van der Waals surface area (Å²) < 4.78 is 0. The average molecular weight is 212 g/mol. The maximum absolute atomic E-state index is 8.70. The number of aliphatic hydroxyl groups is 1. The van der Waals surface area contributed by atoms with Crippen molar-refractivity contribution in [3.63, 3.8) is 0 Å². The van der Waals surface area contributed by atoms with Crippen LogP contribution in [0.5, 0.6) is 0 Å². The predicted molar refractivity (Wildman–Crippen MR) is 64.7 cm³/mol. The summed E-state index contributed by atoms with van der Waals surface area (Å²) in [5, 5.41) is 8.70. The first-order valence-corrected chi connectivity index (χ1v) is 5.64. The first kappa shape index (κ1) is 14.4. The van der Waals surface area contributed by atoms with Crippen LogP contribution in [0.25, 0.3) is 0 Å². The summed E-state index contributed by atoms with van der Waals surface area (Å²) in [5.41, 5.74) is 0. The summed E-state index contributed by atoms with van der Waals surface area (Å²) in [6.45, 7) is 10.6. The zero-order valence-corrected chi connectivity index (χ0v) is 10.0. The van der Waals surface area contributed by atoms with E-state index in [-0.39, 0.29) is 0 Å². The minimum Gasteiger partial charge on any atom is -0.396 e. The molecule has 0 bridgehead atoms. The van der Waals surface area contributed by atoms with Crippen LogP contribution in [-0.4, -0.2) is 60.3 Å². The molecule has 0 aliphatic carbocycles. The van der Waals surface area contributed by atoms with E-state index in [9.17, 15) is 0 Å². The highest BCUT2D eigenvalue weighted by molar-refractivity contribution is 4.73. The molecule has 0 aromatic carbocycles. The Balaban J connectivity index is 0.000000921. The molecule has 1 aliphatic rings. The van der Waals surface area contributed by atoms with Gasteiger partial charge >= 0.3 is 0 Å². The third-order valence-corrected chi connectivity index (χ3v) is 2.77. The minimum absolute atomic E-state index is 0.324. The lowest BCUT2D eigenvalue weighted by molar-refractivity contribution is 0.103. The Bertz CT molecular complexity index is 160. The Morgan fingerprint density at radius 2 is 1.67 bits per heavy atom. The van der Waals surface area contributed by atoms with Crippen molar-refractivity contribution in [2.45, 2.75) is 26.3 Å². The van der Waals surface area contributed by atoms with Crippen molar-refractivity contribution in [2.24, 2.45) is 0 Å². The van der Waals surface area contributed by atoms with Crippen molar-refractivity contribution in [1.82, 2.24) is 9.80 Å². The SMILES string of the molecule is C#C.CC(C)N1CCN(CCCO)CC1. The standard InChI is InChI=1S/C10H22N2O.C2H2/c1-10(2)12-7-5-11(6-8-12)4-3-9-13;1-2/h10,13H,3-9H2,1-2H3;1-2H. The molecule has 0 atom stereocenters. The van der Waals surface area contributed by atoms with Crippen LogP contribution in [0.4, 0.5) is 0 Å². The van der Waals surface area contributed by atoms with E-state index < -0.39 is 0 Å². The quantitative estimate of drug-likeness (QED) is 0.693. The Labute approximate surface area is 94.1 Å². The monoisotopic (exact) mass is 212 g/mol. The second kappa shape index (κ2) is 8.72. The van der Waals surface area contributed by atoms with Crippen LogP contribution in [0.2, 0.25) is 0 Å². The largest absolute Gasteiger partial charge is 0.396 e. The molecule has 0 radical (unpaired) electrons. The maximum atomic E-state index is 8.70. The molecule has 1 rings (SSSR count). The van der Waals surface area contributed by atoms with Gasteiger partial charge in [0.1, 0.15) is 0 Å². The second-order valence-corrected chi connectivity index (χ2v) is 4.05. The second-order valence-electron chi connectivity index (χ2n) is 4.05. The van der Waals surface area contributed by atoms with Crippen molar-refractivity contribution < 1.29 is 5.11 Å². The van der Waals surface area contributed by atoms with Gasteiger partial charge in [0.2, 0.25) is 0 Å². The summed E-state index contributed by atoms with van der Waals surface area (Å²) in [7, 11) is 0. The number of rotatable bonds is 4. The van der Waals surface area contributed by atoms with Gasteiger partial charge in [-0.25, -0.2) is 0 Å². The van der Waals surface area contributed by atoms with Crippen LogP contribution in [0.15, 0.2) is 0 Å². The third kappa shape index (κ3) is 5.78. The Morgan fingerprint density at radius 3 is 2.07 bits per heavy atom. The molecule has 0 saturated carbocycles. The normalized spacial score (nSPS) is 18.5. The molecule has 15 heavy (non-hydrogen) atoms. The summed E-state index contributed by atoms with van der Waals surface area (Å²) >= 11 is 0. The van der Waals surface area contributed by atoms with Crippen molar-refractivity contribution in [2.75, 3.05) is 39.3 Å². The number of aliphatic hydroxyl groups excluding tert-OH is 1. The molecule has 0 spiro atoms. The molecular formula is C12H24N2O. The minimum atomic E-state index is 0.324. The zero-order chi connectivity index (χ0) is 11.7. The van der Waals surface area contributed by atoms with Crippen molar-refractivity contribution >= 4 is 0 Å². The molecule has 0 amide bonds. The summed E-state index contributed by atoms with van der Waals surface area (Å²) in [5.74, 6) is 0. The van der Waals surface area contributed by atoms with E-state index in [1.807, 2.05) is 0 Å². The van der Waals surface area contributed by atoms with Crippen molar-refractivity contribution in [1.29, 1.82) is 0 Å². The molecule has 1 heterocycles. The Kier molecular flexibility index (Phi) is 8.40. The molecule has 0 aromatic heterocycles. The molecule has 3 nitrogen and oxygen atoms in total. The van der Waals surface area contributed by atoms with Crippen LogP contribution in [0, 0.1) is 12.8 Å². The van der Waals surface area contributed by atoms with Gasteiger partial charge in [0.05, 0.1) is 0 Å². The van der Waals surface area contributed by atoms with E-state index in [1.54, 1.807) is 0 Å². The fourth-order valence-corrected chi connectivity index (χ4v) is 1.80. The summed E-state index contributed by atoms with van der Waals surface area (Å²) in [6.07, 6.45) is 8.92. The molecule has 0 unspecified atom stereocenters. The molecule has 3 heteroatoms. The maximum Gasteiger partial charge on any atom is 0.0443 e. The van der Waals surface area contributed by atoms with Gasteiger partial charge in [-0.2, -0.15) is 0 Å². The summed E-state index contributed by atoms with van der Waals surface area (Å²) in [6, 6.07) is 0.681. The van der Waals surface area contributed by atoms with Gasteiger partial charge in [0.25, 0.3) is 0 Å². The van der Waals surface area contributed by atoms with E-state index in [1.165, 1.54) is 13.1 Å². The van der Waals surface area contributed by atoms with E-state index in [0.717, 1.165) is 26.1 Å². The molecule has 1 aliphatic heterocycles. The molecule has 1 N–H and O–H groups in total. The molecule has 0 aromatic rings. The predicted octanol–water partition coefficient (Wildman–Crippen LogP) is 0.644. The van der Waals surface area contributed by atoms with Gasteiger partial charge in [-0.15, -0.1) is 12.8 Å². The fourth-order valence-electron chi connectivity index (χ4n) is 1.80. The van der Waals surface area contributed by atoms with Crippen LogP contribution in [-0.2, 0) is 0 Å². The first-order valence-electron chi connectivity index (χ1n) is 5.64. The molecular weight excluding hydrogens is 188 g/mol. The number of piperazine rings is 1. The topological polar surface area (TPSA) is 26.7 Å². The van der Waals surface area contributed by atoms with E-state index in [0.29, 0.717) is 12.6 Å². The average Bonchev–Trinajstić information content (AvgIpc) is 2.29. The van der Waals surface area contributed by atoms with Gasteiger partial charge in [-0.05, 0) is 20.3 Å². The summed E-state index contributed by atoms with van der Waals surface area (Å²) in [4.78, 5) is 4.95. The number of terminal acetylenes is 1. The highest BCUT2D eigenvalue weighted by Crippen LogP contribution is 2.05. The Morgan fingerprint density at radius 1 is 1.13 bits per heavy atom. The van der Waals surface area contributed by atoms with Crippen LogP contribution < -0.4 is 0 Å². The van der Waals surface area contributed by atoms with E-state index >= 15 is 0 Å². The fraction of sp³-hybridized carbons (Fsp3) is 0.833. The van der Waals surface area contributed by atoms with Gasteiger partial charge < -0.3 is 10.0 Å². The number of hydrogen-bond acceptors (Lipinski definition) is 3. The lowest BCUT2D eigenvalue weighted by atomic mass is 10.2. The van der Waals surface area contributed by atoms with Crippen LogP contribution in [0.3, 0.4) is 0 Å². The first-order chi connectivity index (χ1) is 7.24. The lowest BCUT2D eigenvalue weighted by Gasteiger charge is -2.36. The van der Waals surface area contributed by atoms with E-state index in [2.05, 4.69) is 36.5 Å². The highest BCUT2D eigenvalue weighted by Gasteiger charge is 2.17. The molecule has 1 fully saturated rings. The van der Waals surface area contributed by atoms with Gasteiger partial charge in [0.15, 0.2) is 0 Å². The van der Waals surface area contributed by atoms with Gasteiger partial charge in [0, 0.05) is 45.4 Å². The Hall–Kier alpha value is -0.560. The van der Waals surface area contributed by atoms with Crippen molar-refractivity contribution in [3.8, 4) is 12.8 Å². The number of hydrogen-bond donors (Lipinski definition) is 1. The van der Waals surface area contributed by atoms with Crippen molar-refractivity contribution in [3.05, 3.63) is 0 Å². The number of nitrogens with zero attached hydrogens (tertiary/aromatic N) is 2. The highest BCUT2D eigenvalue weighted by atomic mass is 16.3. The molecule has 1 saturated heterocycles. The van der Waals surface area contributed by atoms with Crippen LogP contribution >= 0.6 is 0 Å². The zero-order valence-electron chi connectivity index (χ0n) is 10.0. The molecule has 88 valence electrons. The smallest absolute Gasteiger partial charge is 0.0443 e. The van der Waals surface area contributed by atoms with E-state index in [4.69, 9.17) is 5.11 Å². The van der Waals surface area contributed by atoms with Gasteiger partial charge in [-0.3, -0.25) is 4.90 Å². The third-order valence-electron chi connectivity index (χ3n) is 2.77. The van der Waals surface area contributed by atoms with Crippen LogP contribution in [0.1, 0.15) is 20.3 Å². The van der Waals surface area contributed by atoms with Gasteiger partial charge in [-0.1, -0.05) is 0 Å². The lowest BCUT2D eigenvalue weighted by Crippen LogP contribution is -2.49.